The Labute approximate surface area is 189 Å². The van der Waals surface area contributed by atoms with Crippen molar-refractivity contribution in [3.8, 4) is 0 Å². The topological polar surface area (TPSA) is 95.8 Å². The van der Waals surface area contributed by atoms with Gasteiger partial charge in [0.25, 0.3) is 5.91 Å². The summed E-state index contributed by atoms with van der Waals surface area (Å²) in [6.07, 6.45) is 5.64. The van der Waals surface area contributed by atoms with Crippen LogP contribution in [0.5, 0.6) is 0 Å². The molecule has 1 N–H and O–H groups in total. The average molecular weight is 441 g/mol. The Morgan fingerprint density at radius 3 is 2.75 bits per heavy atom. The number of nitrogens with one attached hydrogen (secondary N) is 1. The number of amides is 3. The minimum Gasteiger partial charge on any atom is -0.466 e. The molecule has 2 aromatic heterocycles. The zero-order chi connectivity index (χ0) is 23.3. The normalized spacial score (nSPS) is 19.6. The third-order valence-electron chi connectivity index (χ3n) is 5.94. The van der Waals surface area contributed by atoms with E-state index < -0.39 is 0 Å². The van der Waals surface area contributed by atoms with E-state index in [-0.39, 0.29) is 36.1 Å². The molecular weight excluding hydrogens is 408 g/mol. The molecule has 1 aliphatic rings. The quantitative estimate of drug-likeness (QED) is 0.771. The van der Waals surface area contributed by atoms with E-state index in [0.29, 0.717) is 43.0 Å². The van der Waals surface area contributed by atoms with Crippen LogP contribution in [-0.2, 0) is 16.1 Å². The van der Waals surface area contributed by atoms with E-state index in [1.165, 1.54) is 0 Å². The van der Waals surface area contributed by atoms with E-state index in [4.69, 9.17) is 4.42 Å². The average Bonchev–Trinajstić information content (AvgIpc) is 3.12. The molecule has 0 saturated carbocycles. The number of likely N-dealkylation sites (N-methyl/N-ethyl adjacent to an activating group) is 1. The van der Waals surface area contributed by atoms with Gasteiger partial charge in [-0.05, 0) is 44.4 Å². The fourth-order valence-electron chi connectivity index (χ4n) is 4.21. The highest BCUT2D eigenvalue weighted by molar-refractivity contribution is 5.95. The van der Waals surface area contributed by atoms with E-state index in [2.05, 4.69) is 10.3 Å². The second kappa shape index (κ2) is 10.4. The molecule has 172 valence electrons. The van der Waals surface area contributed by atoms with Crippen LogP contribution in [0.2, 0.25) is 0 Å². The first-order valence-electron chi connectivity index (χ1n) is 11.0. The van der Waals surface area contributed by atoms with Gasteiger partial charge in [-0.3, -0.25) is 19.4 Å². The van der Waals surface area contributed by atoms with Crippen molar-refractivity contribution in [2.24, 2.45) is 5.92 Å². The monoisotopic (exact) mass is 440 g/mol. The van der Waals surface area contributed by atoms with E-state index in [9.17, 15) is 14.4 Å². The molecule has 1 saturated heterocycles. The van der Waals surface area contributed by atoms with Gasteiger partial charge in [0, 0.05) is 58.0 Å². The first kappa shape index (κ1) is 23.5. The molecular formula is C24H32N4O4. The van der Waals surface area contributed by atoms with Crippen LogP contribution in [-0.4, -0.2) is 59.2 Å². The summed E-state index contributed by atoms with van der Waals surface area (Å²) >= 11 is 0. The predicted molar refractivity (Wildman–Crippen MR) is 120 cm³/mol. The smallest absolute Gasteiger partial charge is 0.255 e. The Morgan fingerprint density at radius 2 is 2.09 bits per heavy atom. The molecule has 8 nitrogen and oxygen atoms in total. The second-order valence-corrected chi connectivity index (χ2v) is 8.66. The van der Waals surface area contributed by atoms with Crippen molar-refractivity contribution >= 4 is 17.7 Å². The van der Waals surface area contributed by atoms with E-state index >= 15 is 0 Å². The number of pyridine rings is 1. The summed E-state index contributed by atoms with van der Waals surface area (Å²) in [7, 11) is 3.48. The van der Waals surface area contributed by atoms with Crippen LogP contribution in [0.1, 0.15) is 53.1 Å². The minimum absolute atomic E-state index is 0.0393. The molecule has 3 rings (SSSR count). The summed E-state index contributed by atoms with van der Waals surface area (Å²) in [5.74, 6) is 0.561. The van der Waals surface area contributed by atoms with Crippen LogP contribution in [0.4, 0.5) is 0 Å². The maximum atomic E-state index is 13.1. The minimum atomic E-state index is -0.375. The zero-order valence-corrected chi connectivity index (χ0v) is 19.3. The molecule has 0 spiro atoms. The van der Waals surface area contributed by atoms with E-state index in [1.54, 1.807) is 56.2 Å². The zero-order valence-electron chi connectivity index (χ0n) is 19.3. The number of furan rings is 1. The number of carbonyl (C=O) groups excluding carboxylic acids is 3. The van der Waals surface area contributed by atoms with Gasteiger partial charge in [-0.25, -0.2) is 0 Å². The number of hydrogen-bond donors (Lipinski definition) is 1. The van der Waals surface area contributed by atoms with Crippen LogP contribution in [0, 0.1) is 19.8 Å². The van der Waals surface area contributed by atoms with Gasteiger partial charge in [0.2, 0.25) is 11.8 Å². The fourth-order valence-corrected chi connectivity index (χ4v) is 4.21. The summed E-state index contributed by atoms with van der Waals surface area (Å²) in [5.41, 5.74) is 1.46. The van der Waals surface area contributed by atoms with Crippen molar-refractivity contribution in [3.63, 3.8) is 0 Å². The van der Waals surface area contributed by atoms with Crippen LogP contribution in [0.15, 0.2) is 35.0 Å². The van der Waals surface area contributed by atoms with Crippen LogP contribution in [0.3, 0.4) is 0 Å². The third-order valence-corrected chi connectivity index (χ3v) is 5.94. The number of aromatic nitrogens is 1. The molecule has 0 aromatic carbocycles. The highest BCUT2D eigenvalue weighted by Crippen LogP contribution is 2.22. The summed E-state index contributed by atoms with van der Waals surface area (Å²) in [5, 5.41) is 3.04. The third kappa shape index (κ3) is 5.96. The van der Waals surface area contributed by atoms with Gasteiger partial charge in [0.05, 0.1) is 5.56 Å². The molecule has 0 aliphatic carbocycles. The van der Waals surface area contributed by atoms with E-state index in [1.807, 2.05) is 12.1 Å². The molecule has 32 heavy (non-hydrogen) atoms. The van der Waals surface area contributed by atoms with Crippen LogP contribution >= 0.6 is 0 Å². The van der Waals surface area contributed by atoms with Crippen molar-refractivity contribution in [3.05, 3.63) is 53.2 Å². The Kier molecular flexibility index (Phi) is 7.66. The van der Waals surface area contributed by atoms with Gasteiger partial charge < -0.3 is 19.5 Å². The molecule has 1 fully saturated rings. The molecule has 0 radical (unpaired) electrons. The largest absolute Gasteiger partial charge is 0.466 e. The number of hydrogen-bond acceptors (Lipinski definition) is 5. The van der Waals surface area contributed by atoms with E-state index in [0.717, 1.165) is 12.0 Å². The Morgan fingerprint density at radius 1 is 1.31 bits per heavy atom. The molecule has 2 unspecified atom stereocenters. The Hall–Kier alpha value is -3.16. The van der Waals surface area contributed by atoms with Crippen molar-refractivity contribution in [2.75, 3.05) is 20.6 Å². The van der Waals surface area contributed by atoms with Crippen LogP contribution in [0.25, 0.3) is 0 Å². The molecule has 2 aromatic rings. The first-order valence-corrected chi connectivity index (χ1v) is 11.0. The fraction of sp³-hybridized carbons (Fsp3) is 0.500. The van der Waals surface area contributed by atoms with Gasteiger partial charge >= 0.3 is 0 Å². The standard InChI is InChI=1S/C24H32N4O4/c1-16-11-21(17(2)32-16)23(30)26-20-9-5-8-19(12-22(29)27(3)15-20)24(31)28(4)14-18-7-6-10-25-13-18/h6-7,10-11,13,19-20H,5,8-9,12,14-15H2,1-4H3,(H,26,30). The number of carbonyl (C=O) groups is 3. The predicted octanol–water partition coefficient (Wildman–Crippen LogP) is 2.70. The molecule has 1 aliphatic heterocycles. The summed E-state index contributed by atoms with van der Waals surface area (Å²) < 4.78 is 5.46. The molecule has 2 atom stereocenters. The summed E-state index contributed by atoms with van der Waals surface area (Å²) in [4.78, 5) is 45.9. The number of rotatable bonds is 5. The summed E-state index contributed by atoms with van der Waals surface area (Å²) in [6.45, 7) is 4.43. The SMILES string of the molecule is Cc1cc(C(=O)NC2CCCC(C(=O)N(C)Cc3cccnc3)CC(=O)N(C)C2)c(C)o1. The highest BCUT2D eigenvalue weighted by Gasteiger charge is 2.29. The Bertz CT molecular complexity index is 956. The molecule has 8 heteroatoms. The highest BCUT2D eigenvalue weighted by atomic mass is 16.3. The lowest BCUT2D eigenvalue weighted by molar-refractivity contribution is -0.140. The lowest BCUT2D eigenvalue weighted by Gasteiger charge is -2.25. The van der Waals surface area contributed by atoms with Crippen molar-refractivity contribution < 1.29 is 18.8 Å². The molecule has 0 bridgehead atoms. The van der Waals surface area contributed by atoms with Gasteiger partial charge in [0.1, 0.15) is 11.5 Å². The maximum absolute atomic E-state index is 13.1. The summed E-state index contributed by atoms with van der Waals surface area (Å²) in [6, 6.07) is 5.30. The van der Waals surface area contributed by atoms with Crippen molar-refractivity contribution in [1.29, 1.82) is 0 Å². The first-order chi connectivity index (χ1) is 15.2. The number of aryl methyl sites for hydroxylation is 2. The van der Waals surface area contributed by atoms with Gasteiger partial charge in [0.15, 0.2) is 0 Å². The van der Waals surface area contributed by atoms with Crippen LogP contribution < -0.4 is 5.32 Å². The molecule has 3 heterocycles. The van der Waals surface area contributed by atoms with Gasteiger partial charge in [-0.15, -0.1) is 0 Å². The maximum Gasteiger partial charge on any atom is 0.255 e. The molecule has 3 amide bonds. The lowest BCUT2D eigenvalue weighted by atomic mass is 9.95. The van der Waals surface area contributed by atoms with Crippen molar-refractivity contribution in [2.45, 2.75) is 52.1 Å². The second-order valence-electron chi connectivity index (χ2n) is 8.66. The Balaban J connectivity index is 1.63. The lowest BCUT2D eigenvalue weighted by Crippen LogP contribution is -2.44. The van der Waals surface area contributed by atoms with Crippen molar-refractivity contribution in [1.82, 2.24) is 20.1 Å². The number of nitrogens with zero attached hydrogens (tertiary/aromatic N) is 3. The van der Waals surface area contributed by atoms with Gasteiger partial charge in [-0.2, -0.15) is 0 Å². The van der Waals surface area contributed by atoms with Gasteiger partial charge in [-0.1, -0.05) is 12.5 Å².